The lowest BCUT2D eigenvalue weighted by atomic mass is 10.1. The third kappa shape index (κ3) is 3.56. The van der Waals surface area contributed by atoms with Crippen molar-refractivity contribution < 1.29 is 18.0 Å². The fourth-order valence-corrected chi connectivity index (χ4v) is 1.57. The summed E-state index contributed by atoms with van der Waals surface area (Å²) in [5.74, 6) is 0.255. The van der Waals surface area contributed by atoms with E-state index in [0.717, 1.165) is 16.9 Å². The third-order valence-electron chi connectivity index (χ3n) is 2.65. The molecule has 1 amide bonds. The van der Waals surface area contributed by atoms with Crippen LogP contribution in [-0.2, 0) is 12.6 Å². The van der Waals surface area contributed by atoms with Crippen LogP contribution in [0.3, 0.4) is 0 Å². The molecule has 1 aromatic heterocycles. The first-order valence-corrected chi connectivity index (χ1v) is 5.94. The Balaban J connectivity index is 2.10. The Kier molecular flexibility index (Phi) is 3.92. The van der Waals surface area contributed by atoms with Crippen molar-refractivity contribution >= 4 is 6.03 Å². The van der Waals surface area contributed by atoms with Gasteiger partial charge in [-0.3, -0.25) is 0 Å². The van der Waals surface area contributed by atoms with Crippen molar-refractivity contribution in [3.8, 4) is 0 Å². The van der Waals surface area contributed by atoms with Gasteiger partial charge in [-0.1, -0.05) is 16.9 Å². The van der Waals surface area contributed by atoms with Gasteiger partial charge in [0.1, 0.15) is 0 Å². The number of hydrogen-bond acceptors (Lipinski definition) is 4. The van der Waals surface area contributed by atoms with E-state index < -0.39 is 17.8 Å². The molecule has 2 aromatic rings. The summed E-state index contributed by atoms with van der Waals surface area (Å²) in [6.07, 6.45) is -4.17. The molecule has 0 N–H and O–H groups in total. The molecule has 0 unspecified atom stereocenters. The molecule has 6 nitrogen and oxygen atoms in total. The van der Waals surface area contributed by atoms with E-state index in [-0.39, 0.29) is 12.2 Å². The molecule has 0 spiro atoms. The van der Waals surface area contributed by atoms with Crippen molar-refractivity contribution in [3.05, 3.63) is 41.2 Å². The highest BCUT2D eigenvalue weighted by Crippen LogP contribution is 2.29. The molecule has 0 aliphatic carbocycles. The second-order valence-corrected chi connectivity index (χ2v) is 4.54. The quantitative estimate of drug-likeness (QED) is 0.848. The van der Waals surface area contributed by atoms with E-state index in [1.807, 2.05) is 0 Å². The van der Waals surface area contributed by atoms with Gasteiger partial charge in [0, 0.05) is 20.5 Å². The van der Waals surface area contributed by atoms with E-state index in [1.165, 1.54) is 17.0 Å². The van der Waals surface area contributed by atoms with Gasteiger partial charge in [-0.05, 0) is 22.9 Å². The number of carbonyl (C=O) groups excluding carboxylic acids is 1. The monoisotopic (exact) mass is 299 g/mol. The Labute approximate surface area is 118 Å². The summed E-state index contributed by atoms with van der Waals surface area (Å²) in [6.45, 7) is 0. The number of halogens is 3. The first-order chi connectivity index (χ1) is 9.77. The van der Waals surface area contributed by atoms with Crippen molar-refractivity contribution in [2.24, 2.45) is 0 Å². The zero-order valence-corrected chi connectivity index (χ0v) is 11.3. The van der Waals surface area contributed by atoms with Crippen molar-refractivity contribution in [2.45, 2.75) is 12.6 Å². The number of alkyl halides is 3. The lowest BCUT2D eigenvalue weighted by Crippen LogP contribution is -2.29. The summed E-state index contributed by atoms with van der Waals surface area (Å²) in [7, 11) is 3.09. The molecule has 0 radical (unpaired) electrons. The number of tetrazole rings is 1. The lowest BCUT2D eigenvalue weighted by molar-refractivity contribution is -0.137. The molecule has 0 saturated carbocycles. The maximum atomic E-state index is 12.4. The Morgan fingerprint density at radius 3 is 2.38 bits per heavy atom. The van der Waals surface area contributed by atoms with Gasteiger partial charge in [0.2, 0.25) is 0 Å². The minimum absolute atomic E-state index is 0.193. The molecular weight excluding hydrogens is 287 g/mol. The van der Waals surface area contributed by atoms with Crippen LogP contribution in [0.25, 0.3) is 0 Å². The van der Waals surface area contributed by atoms with Crippen LogP contribution in [0, 0.1) is 0 Å². The summed E-state index contributed by atoms with van der Waals surface area (Å²) in [6, 6.07) is 4.21. The third-order valence-corrected chi connectivity index (χ3v) is 2.65. The standard InChI is InChI=1S/C12H12F3N5O/c1-19(2)11(21)20-17-10(16-18-20)7-8-3-5-9(6-4-8)12(13,14)15/h3-6H,7H2,1-2H3. The smallest absolute Gasteiger partial charge is 0.328 e. The van der Waals surface area contributed by atoms with Gasteiger partial charge in [0.05, 0.1) is 5.56 Å². The number of rotatable bonds is 2. The van der Waals surface area contributed by atoms with Crippen LogP contribution in [0.15, 0.2) is 24.3 Å². The SMILES string of the molecule is CN(C)C(=O)n1nnc(Cc2ccc(C(F)(F)F)cc2)n1. The molecule has 0 atom stereocenters. The van der Waals surface area contributed by atoms with Crippen LogP contribution >= 0.6 is 0 Å². The number of amides is 1. The fraction of sp³-hybridized carbons (Fsp3) is 0.333. The minimum atomic E-state index is -4.36. The topological polar surface area (TPSA) is 63.9 Å². The summed E-state index contributed by atoms with van der Waals surface area (Å²) in [5.41, 5.74) is -0.120. The van der Waals surface area contributed by atoms with Crippen molar-refractivity contribution in [2.75, 3.05) is 14.1 Å². The lowest BCUT2D eigenvalue weighted by Gasteiger charge is -2.07. The fourth-order valence-electron chi connectivity index (χ4n) is 1.57. The predicted octanol–water partition coefficient (Wildman–Crippen LogP) is 1.81. The van der Waals surface area contributed by atoms with Gasteiger partial charge in [-0.15, -0.1) is 10.2 Å². The average molecular weight is 299 g/mol. The van der Waals surface area contributed by atoms with Crippen LogP contribution < -0.4 is 0 Å². The maximum Gasteiger partial charge on any atom is 0.416 e. The van der Waals surface area contributed by atoms with Gasteiger partial charge < -0.3 is 4.90 Å². The zero-order chi connectivity index (χ0) is 15.6. The van der Waals surface area contributed by atoms with E-state index in [4.69, 9.17) is 0 Å². The van der Waals surface area contributed by atoms with Gasteiger partial charge in [-0.25, -0.2) is 4.79 Å². The highest BCUT2D eigenvalue weighted by Gasteiger charge is 2.29. The molecule has 1 aromatic carbocycles. The first-order valence-electron chi connectivity index (χ1n) is 5.94. The molecule has 0 aliphatic rings. The number of aromatic nitrogens is 4. The first kappa shape index (κ1) is 14.9. The highest BCUT2D eigenvalue weighted by atomic mass is 19.4. The van der Waals surface area contributed by atoms with Gasteiger partial charge in [-0.2, -0.15) is 13.2 Å². The predicted molar refractivity (Wildman–Crippen MR) is 66.5 cm³/mol. The van der Waals surface area contributed by atoms with Crippen LogP contribution in [0.4, 0.5) is 18.0 Å². The van der Waals surface area contributed by atoms with Crippen molar-refractivity contribution in [3.63, 3.8) is 0 Å². The molecule has 2 rings (SSSR count). The molecule has 112 valence electrons. The summed E-state index contributed by atoms with van der Waals surface area (Å²) in [5, 5.41) is 11.2. The Morgan fingerprint density at radius 2 is 1.86 bits per heavy atom. The van der Waals surface area contributed by atoms with E-state index in [9.17, 15) is 18.0 Å². The normalized spacial score (nSPS) is 11.5. The van der Waals surface area contributed by atoms with Crippen LogP contribution in [0.2, 0.25) is 0 Å². The molecular formula is C12H12F3N5O. The minimum Gasteiger partial charge on any atom is -0.328 e. The largest absolute Gasteiger partial charge is 0.416 e. The maximum absolute atomic E-state index is 12.4. The second kappa shape index (κ2) is 5.51. The van der Waals surface area contributed by atoms with E-state index in [0.29, 0.717) is 5.56 Å². The van der Waals surface area contributed by atoms with E-state index in [2.05, 4.69) is 15.4 Å². The second-order valence-electron chi connectivity index (χ2n) is 4.54. The highest BCUT2D eigenvalue weighted by molar-refractivity contribution is 5.73. The molecule has 1 heterocycles. The van der Waals surface area contributed by atoms with Crippen molar-refractivity contribution in [1.82, 2.24) is 25.1 Å². The summed E-state index contributed by atoms with van der Waals surface area (Å²) < 4.78 is 37.3. The van der Waals surface area contributed by atoms with Crippen LogP contribution in [-0.4, -0.2) is 45.2 Å². The average Bonchev–Trinajstić information content (AvgIpc) is 2.85. The Bertz CT molecular complexity index is 633. The molecule has 21 heavy (non-hydrogen) atoms. The van der Waals surface area contributed by atoms with Crippen LogP contribution in [0.5, 0.6) is 0 Å². The number of nitrogens with zero attached hydrogens (tertiary/aromatic N) is 5. The van der Waals surface area contributed by atoms with Gasteiger partial charge >= 0.3 is 12.2 Å². The van der Waals surface area contributed by atoms with Crippen molar-refractivity contribution in [1.29, 1.82) is 0 Å². The molecule has 0 saturated heterocycles. The van der Waals surface area contributed by atoms with E-state index in [1.54, 1.807) is 14.1 Å². The Morgan fingerprint density at radius 1 is 1.24 bits per heavy atom. The molecule has 0 fully saturated rings. The van der Waals surface area contributed by atoms with Gasteiger partial charge in [0.15, 0.2) is 5.82 Å². The molecule has 0 bridgehead atoms. The summed E-state index contributed by atoms with van der Waals surface area (Å²) in [4.78, 5) is 13.7. The van der Waals surface area contributed by atoms with Crippen LogP contribution in [0.1, 0.15) is 17.0 Å². The molecule has 0 aliphatic heterocycles. The summed E-state index contributed by atoms with van der Waals surface area (Å²) >= 11 is 0. The van der Waals surface area contributed by atoms with Gasteiger partial charge in [0.25, 0.3) is 0 Å². The number of hydrogen-bond donors (Lipinski definition) is 0. The van der Waals surface area contributed by atoms with E-state index >= 15 is 0 Å². The Hall–Kier alpha value is -2.45. The molecule has 9 heteroatoms. The zero-order valence-electron chi connectivity index (χ0n) is 11.3. The number of benzene rings is 1. The number of carbonyl (C=O) groups is 1.